The molecule has 2 rings (SSSR count). The monoisotopic (exact) mass is 257 g/mol. The standard InChI is InChI=1S/C13H17F2NO2/c14-11-5-9(7-17)6-12(15)13(11)16-4-2-1-3-10(16)8-18/h5-6,10,17-18H,1-4,7-8H2. The third kappa shape index (κ3) is 2.47. The Morgan fingerprint density at radius 1 is 1.17 bits per heavy atom. The van der Waals surface area contributed by atoms with E-state index in [1.54, 1.807) is 4.90 Å². The normalized spacial score (nSPS) is 20.2. The quantitative estimate of drug-likeness (QED) is 0.868. The van der Waals surface area contributed by atoms with Gasteiger partial charge in [-0.3, -0.25) is 0 Å². The molecule has 0 radical (unpaired) electrons. The fourth-order valence-electron chi connectivity index (χ4n) is 2.47. The number of nitrogens with zero attached hydrogens (tertiary/aromatic N) is 1. The highest BCUT2D eigenvalue weighted by Crippen LogP contribution is 2.30. The van der Waals surface area contributed by atoms with Gasteiger partial charge in [-0.2, -0.15) is 0 Å². The lowest BCUT2D eigenvalue weighted by molar-refractivity contribution is 0.238. The van der Waals surface area contributed by atoms with Gasteiger partial charge >= 0.3 is 0 Å². The van der Waals surface area contributed by atoms with Gasteiger partial charge in [-0.05, 0) is 37.0 Å². The molecule has 18 heavy (non-hydrogen) atoms. The molecule has 1 aliphatic rings. The van der Waals surface area contributed by atoms with Gasteiger partial charge in [-0.25, -0.2) is 8.78 Å². The molecule has 0 aliphatic carbocycles. The summed E-state index contributed by atoms with van der Waals surface area (Å²) in [7, 11) is 0. The molecule has 1 saturated heterocycles. The maximum Gasteiger partial charge on any atom is 0.149 e. The van der Waals surface area contributed by atoms with Gasteiger partial charge in [0, 0.05) is 6.54 Å². The summed E-state index contributed by atoms with van der Waals surface area (Å²) in [6.45, 7) is 0.0374. The number of halogens is 2. The minimum absolute atomic E-state index is 0.0917. The van der Waals surface area contributed by atoms with Crippen LogP contribution in [0.3, 0.4) is 0 Å². The molecular formula is C13H17F2NO2. The maximum absolute atomic E-state index is 13.9. The number of aliphatic hydroxyl groups is 2. The first-order valence-corrected chi connectivity index (χ1v) is 6.13. The van der Waals surface area contributed by atoms with Crippen molar-refractivity contribution >= 4 is 5.69 Å². The van der Waals surface area contributed by atoms with Gasteiger partial charge in [0.25, 0.3) is 0 Å². The Morgan fingerprint density at radius 2 is 1.83 bits per heavy atom. The van der Waals surface area contributed by atoms with E-state index >= 15 is 0 Å². The zero-order valence-corrected chi connectivity index (χ0v) is 10.1. The van der Waals surface area contributed by atoms with Crippen molar-refractivity contribution < 1.29 is 19.0 Å². The minimum atomic E-state index is -0.681. The summed E-state index contributed by atoms with van der Waals surface area (Å²) >= 11 is 0. The third-order valence-electron chi connectivity index (χ3n) is 3.38. The van der Waals surface area contributed by atoms with Crippen LogP contribution in [0.2, 0.25) is 0 Å². The number of anilines is 1. The van der Waals surface area contributed by atoms with E-state index in [2.05, 4.69) is 0 Å². The van der Waals surface area contributed by atoms with Crippen molar-refractivity contribution in [2.45, 2.75) is 31.9 Å². The van der Waals surface area contributed by atoms with Crippen molar-refractivity contribution in [3.8, 4) is 0 Å². The van der Waals surface area contributed by atoms with Crippen molar-refractivity contribution in [2.24, 2.45) is 0 Å². The largest absolute Gasteiger partial charge is 0.394 e. The van der Waals surface area contributed by atoms with E-state index in [1.165, 1.54) is 0 Å². The van der Waals surface area contributed by atoms with Crippen molar-refractivity contribution in [3.05, 3.63) is 29.3 Å². The number of rotatable bonds is 3. The first-order valence-electron chi connectivity index (χ1n) is 6.13. The molecule has 0 bridgehead atoms. The zero-order chi connectivity index (χ0) is 13.1. The van der Waals surface area contributed by atoms with E-state index in [-0.39, 0.29) is 23.9 Å². The molecule has 1 atom stereocenters. The second kappa shape index (κ2) is 5.63. The Labute approximate surface area is 105 Å². The first kappa shape index (κ1) is 13.2. The van der Waals surface area contributed by atoms with Crippen LogP contribution in [0.5, 0.6) is 0 Å². The summed E-state index contributed by atoms with van der Waals surface area (Å²) in [5, 5.41) is 18.2. The molecule has 1 unspecified atom stereocenters. The van der Waals surface area contributed by atoms with Crippen LogP contribution in [0.4, 0.5) is 14.5 Å². The highest BCUT2D eigenvalue weighted by atomic mass is 19.1. The average molecular weight is 257 g/mol. The Balaban J connectivity index is 2.37. The van der Waals surface area contributed by atoms with Gasteiger partial charge in [0.1, 0.15) is 17.3 Å². The molecule has 2 N–H and O–H groups in total. The van der Waals surface area contributed by atoms with Crippen molar-refractivity contribution in [1.29, 1.82) is 0 Å². The van der Waals surface area contributed by atoms with Crippen LogP contribution in [0.15, 0.2) is 12.1 Å². The number of hydrogen-bond acceptors (Lipinski definition) is 3. The lowest BCUT2D eigenvalue weighted by Crippen LogP contribution is -2.42. The fraction of sp³-hybridized carbons (Fsp3) is 0.538. The Bertz CT molecular complexity index is 402. The van der Waals surface area contributed by atoms with Gasteiger partial charge < -0.3 is 15.1 Å². The molecule has 1 aliphatic heterocycles. The van der Waals surface area contributed by atoms with Gasteiger partial charge in [-0.15, -0.1) is 0 Å². The van der Waals surface area contributed by atoms with Crippen LogP contribution < -0.4 is 4.90 Å². The number of hydrogen-bond donors (Lipinski definition) is 2. The second-order valence-corrected chi connectivity index (χ2v) is 4.59. The predicted octanol–water partition coefficient (Wildman–Crippen LogP) is 1.81. The molecule has 1 fully saturated rings. The van der Waals surface area contributed by atoms with Crippen LogP contribution in [-0.2, 0) is 6.61 Å². The first-order chi connectivity index (χ1) is 8.67. The van der Waals surface area contributed by atoms with Crippen LogP contribution in [-0.4, -0.2) is 29.4 Å². The van der Waals surface area contributed by atoms with Gasteiger partial charge in [0.05, 0.1) is 19.3 Å². The van der Waals surface area contributed by atoms with E-state index in [9.17, 15) is 13.9 Å². The fourth-order valence-corrected chi connectivity index (χ4v) is 2.47. The van der Waals surface area contributed by atoms with Crippen LogP contribution >= 0.6 is 0 Å². The molecule has 0 amide bonds. The average Bonchev–Trinajstić information content (AvgIpc) is 2.38. The van der Waals surface area contributed by atoms with Crippen LogP contribution in [0.25, 0.3) is 0 Å². The summed E-state index contributed by atoms with van der Waals surface area (Å²) < 4.78 is 27.8. The molecule has 0 spiro atoms. The molecule has 0 saturated carbocycles. The highest BCUT2D eigenvalue weighted by Gasteiger charge is 2.27. The van der Waals surface area contributed by atoms with Crippen molar-refractivity contribution in [2.75, 3.05) is 18.1 Å². The molecule has 100 valence electrons. The molecule has 5 heteroatoms. The smallest absolute Gasteiger partial charge is 0.149 e. The second-order valence-electron chi connectivity index (χ2n) is 4.59. The topological polar surface area (TPSA) is 43.7 Å². The molecule has 1 aromatic carbocycles. The lowest BCUT2D eigenvalue weighted by Gasteiger charge is -2.36. The van der Waals surface area contributed by atoms with E-state index in [4.69, 9.17) is 5.11 Å². The summed E-state index contributed by atoms with van der Waals surface area (Å²) in [5.41, 5.74) is 0.122. The maximum atomic E-state index is 13.9. The Kier molecular flexibility index (Phi) is 4.14. The zero-order valence-electron chi connectivity index (χ0n) is 10.1. The molecule has 1 heterocycles. The van der Waals surface area contributed by atoms with Gasteiger partial charge in [0.2, 0.25) is 0 Å². The third-order valence-corrected chi connectivity index (χ3v) is 3.38. The SMILES string of the molecule is OCc1cc(F)c(N2CCCCC2CO)c(F)c1. The van der Waals surface area contributed by atoms with E-state index in [0.29, 0.717) is 6.54 Å². The molecule has 0 aromatic heterocycles. The Hall–Kier alpha value is -1.20. The Morgan fingerprint density at radius 3 is 2.39 bits per heavy atom. The van der Waals surface area contributed by atoms with E-state index in [1.807, 2.05) is 0 Å². The molecule has 1 aromatic rings. The van der Waals surface area contributed by atoms with Crippen LogP contribution in [0, 0.1) is 11.6 Å². The molecular weight excluding hydrogens is 240 g/mol. The van der Waals surface area contributed by atoms with Gasteiger partial charge in [-0.1, -0.05) is 0 Å². The summed E-state index contributed by atoms with van der Waals surface area (Å²) in [6.07, 6.45) is 2.55. The number of aliphatic hydroxyl groups excluding tert-OH is 2. The summed E-state index contributed by atoms with van der Waals surface area (Å²) in [4.78, 5) is 1.59. The highest BCUT2D eigenvalue weighted by molar-refractivity contribution is 5.52. The summed E-state index contributed by atoms with van der Waals surface area (Å²) in [5.74, 6) is -1.36. The van der Waals surface area contributed by atoms with E-state index < -0.39 is 18.2 Å². The van der Waals surface area contributed by atoms with Crippen LogP contribution in [0.1, 0.15) is 24.8 Å². The van der Waals surface area contributed by atoms with Crippen molar-refractivity contribution in [1.82, 2.24) is 0 Å². The lowest BCUT2D eigenvalue weighted by atomic mass is 10.0. The van der Waals surface area contributed by atoms with Gasteiger partial charge in [0.15, 0.2) is 0 Å². The molecule has 3 nitrogen and oxygen atoms in total. The minimum Gasteiger partial charge on any atom is -0.394 e. The van der Waals surface area contributed by atoms with E-state index in [0.717, 1.165) is 31.4 Å². The predicted molar refractivity (Wildman–Crippen MR) is 64.4 cm³/mol. The summed E-state index contributed by atoms with van der Waals surface area (Å²) in [6, 6.07) is 2.05. The number of piperidine rings is 1. The van der Waals surface area contributed by atoms with Crippen molar-refractivity contribution in [3.63, 3.8) is 0 Å². The number of benzene rings is 1.